The Labute approximate surface area is 170 Å². The standard InChI is InChI=1S/C17H25ClN2O6S2/c1-17(2,3)26-16(21)20-9-7-13(8-10-20)12-19-28(24,25)15-6-4-5-14(11-15)27(18,22)23/h4-6,11,13,19H,7-10,12H2,1-3H3. The van der Waals surface area contributed by atoms with Gasteiger partial charge in [-0.15, -0.1) is 0 Å². The Morgan fingerprint density at radius 1 is 1.18 bits per heavy atom. The maximum absolute atomic E-state index is 12.4. The Kier molecular flexibility index (Phi) is 7.01. The Balaban J connectivity index is 1.92. The fourth-order valence-corrected chi connectivity index (χ4v) is 4.78. The van der Waals surface area contributed by atoms with Crippen LogP contribution in [0.15, 0.2) is 34.1 Å². The number of piperidine rings is 1. The van der Waals surface area contributed by atoms with Crippen molar-refractivity contribution < 1.29 is 26.4 Å². The molecule has 158 valence electrons. The van der Waals surface area contributed by atoms with Crippen molar-refractivity contribution in [1.82, 2.24) is 9.62 Å². The first-order valence-electron chi connectivity index (χ1n) is 8.80. The zero-order valence-corrected chi connectivity index (χ0v) is 18.4. The summed E-state index contributed by atoms with van der Waals surface area (Å²) in [6, 6.07) is 4.88. The molecule has 1 aromatic rings. The van der Waals surface area contributed by atoms with E-state index in [1.165, 1.54) is 18.2 Å². The first-order chi connectivity index (χ1) is 12.8. The van der Waals surface area contributed by atoms with Gasteiger partial charge in [0.05, 0.1) is 9.79 Å². The summed E-state index contributed by atoms with van der Waals surface area (Å²) in [5, 5.41) is 0. The molecule has 1 saturated heterocycles. The Morgan fingerprint density at radius 3 is 2.29 bits per heavy atom. The number of carbonyl (C=O) groups excluding carboxylic acids is 1. The number of nitrogens with one attached hydrogen (secondary N) is 1. The number of halogens is 1. The van der Waals surface area contributed by atoms with Gasteiger partial charge in [0.25, 0.3) is 9.05 Å². The van der Waals surface area contributed by atoms with Crippen molar-refractivity contribution >= 4 is 35.8 Å². The van der Waals surface area contributed by atoms with Crippen LogP contribution in [0.5, 0.6) is 0 Å². The highest BCUT2D eigenvalue weighted by molar-refractivity contribution is 8.13. The monoisotopic (exact) mass is 452 g/mol. The smallest absolute Gasteiger partial charge is 0.410 e. The first kappa shape index (κ1) is 22.9. The van der Waals surface area contributed by atoms with Crippen molar-refractivity contribution in [3.05, 3.63) is 24.3 Å². The Hall–Kier alpha value is -1.36. The predicted molar refractivity (Wildman–Crippen MR) is 105 cm³/mol. The van der Waals surface area contributed by atoms with E-state index in [1.807, 2.05) is 0 Å². The molecule has 1 fully saturated rings. The van der Waals surface area contributed by atoms with Crippen LogP contribution in [0.3, 0.4) is 0 Å². The number of benzene rings is 1. The van der Waals surface area contributed by atoms with Gasteiger partial charge < -0.3 is 9.64 Å². The summed E-state index contributed by atoms with van der Waals surface area (Å²) in [6.45, 7) is 6.58. The Bertz CT molecular complexity index is 917. The van der Waals surface area contributed by atoms with Crippen molar-refractivity contribution in [2.75, 3.05) is 19.6 Å². The van der Waals surface area contributed by atoms with Gasteiger partial charge in [0, 0.05) is 30.3 Å². The van der Waals surface area contributed by atoms with Gasteiger partial charge in [-0.25, -0.2) is 26.4 Å². The minimum absolute atomic E-state index is 0.0633. The van der Waals surface area contributed by atoms with Crippen LogP contribution in [0.4, 0.5) is 4.79 Å². The topological polar surface area (TPSA) is 110 Å². The lowest BCUT2D eigenvalue weighted by molar-refractivity contribution is 0.0185. The summed E-state index contributed by atoms with van der Waals surface area (Å²) in [5.41, 5.74) is -0.561. The van der Waals surface area contributed by atoms with Gasteiger partial charge in [-0.2, -0.15) is 0 Å². The average molecular weight is 453 g/mol. The van der Waals surface area contributed by atoms with Gasteiger partial charge in [-0.05, 0) is 57.7 Å². The van der Waals surface area contributed by atoms with E-state index >= 15 is 0 Å². The number of rotatable bonds is 5. The third-order valence-corrected chi connectivity index (χ3v) is 7.00. The second kappa shape index (κ2) is 8.56. The molecule has 1 heterocycles. The van der Waals surface area contributed by atoms with Gasteiger partial charge in [0.2, 0.25) is 10.0 Å². The van der Waals surface area contributed by atoms with Crippen LogP contribution in [0.1, 0.15) is 33.6 Å². The molecule has 1 amide bonds. The highest BCUT2D eigenvalue weighted by Gasteiger charge is 2.28. The van der Waals surface area contributed by atoms with Gasteiger partial charge in [-0.1, -0.05) is 6.07 Å². The molecular formula is C17H25ClN2O6S2. The largest absolute Gasteiger partial charge is 0.444 e. The quantitative estimate of drug-likeness (QED) is 0.687. The molecule has 8 nitrogen and oxygen atoms in total. The van der Waals surface area contributed by atoms with Crippen LogP contribution in [-0.4, -0.2) is 53.1 Å². The summed E-state index contributed by atoms with van der Waals surface area (Å²) in [7, 11) is -2.62. The number of carbonyl (C=O) groups is 1. The SMILES string of the molecule is CC(C)(C)OC(=O)N1CCC(CNS(=O)(=O)c2cccc(S(=O)(=O)Cl)c2)CC1. The molecule has 1 aliphatic heterocycles. The zero-order valence-electron chi connectivity index (χ0n) is 16.0. The van der Waals surface area contributed by atoms with Gasteiger partial charge in [0.1, 0.15) is 5.60 Å². The molecule has 0 atom stereocenters. The molecule has 0 bridgehead atoms. The highest BCUT2D eigenvalue weighted by atomic mass is 35.7. The fourth-order valence-electron chi connectivity index (χ4n) is 2.75. The lowest BCUT2D eigenvalue weighted by Gasteiger charge is -2.33. The van der Waals surface area contributed by atoms with E-state index in [4.69, 9.17) is 15.4 Å². The van der Waals surface area contributed by atoms with E-state index in [1.54, 1.807) is 25.7 Å². The molecule has 0 radical (unpaired) electrons. The molecular weight excluding hydrogens is 428 g/mol. The second-order valence-corrected chi connectivity index (χ2v) is 12.0. The van der Waals surface area contributed by atoms with Crippen molar-refractivity contribution in [3.8, 4) is 0 Å². The normalized spacial score (nSPS) is 16.8. The molecule has 28 heavy (non-hydrogen) atoms. The van der Waals surface area contributed by atoms with E-state index < -0.39 is 24.7 Å². The van der Waals surface area contributed by atoms with Crippen molar-refractivity contribution in [2.45, 2.75) is 49.0 Å². The second-order valence-electron chi connectivity index (χ2n) is 7.68. The first-order valence-corrected chi connectivity index (χ1v) is 12.6. The molecule has 0 saturated carbocycles. The number of hydrogen-bond acceptors (Lipinski definition) is 6. The van der Waals surface area contributed by atoms with Crippen molar-refractivity contribution in [2.24, 2.45) is 5.92 Å². The zero-order chi connectivity index (χ0) is 21.2. The maximum atomic E-state index is 12.4. The van der Waals surface area contributed by atoms with Gasteiger partial charge in [0.15, 0.2) is 0 Å². The predicted octanol–water partition coefficient (Wildman–Crippen LogP) is 2.54. The molecule has 1 aromatic carbocycles. The van der Waals surface area contributed by atoms with Crippen LogP contribution in [-0.2, 0) is 23.8 Å². The van der Waals surface area contributed by atoms with Crippen molar-refractivity contribution in [1.29, 1.82) is 0 Å². The number of ether oxygens (including phenoxy) is 1. The van der Waals surface area contributed by atoms with Crippen LogP contribution in [0, 0.1) is 5.92 Å². The number of nitrogens with zero attached hydrogens (tertiary/aromatic N) is 1. The maximum Gasteiger partial charge on any atom is 0.410 e. The molecule has 0 aromatic heterocycles. The molecule has 1 N–H and O–H groups in total. The van der Waals surface area contributed by atoms with E-state index in [0.717, 1.165) is 6.07 Å². The Morgan fingerprint density at radius 2 is 1.75 bits per heavy atom. The number of hydrogen-bond donors (Lipinski definition) is 1. The van der Waals surface area contributed by atoms with Crippen molar-refractivity contribution in [3.63, 3.8) is 0 Å². The summed E-state index contributed by atoms with van der Waals surface area (Å²) < 4.78 is 55.5. The summed E-state index contributed by atoms with van der Waals surface area (Å²) in [4.78, 5) is 13.2. The van der Waals surface area contributed by atoms with Crippen LogP contribution >= 0.6 is 10.7 Å². The number of amides is 1. The van der Waals surface area contributed by atoms with Gasteiger partial charge >= 0.3 is 6.09 Å². The highest BCUT2D eigenvalue weighted by Crippen LogP contribution is 2.21. The number of likely N-dealkylation sites (tertiary alicyclic amines) is 1. The molecule has 0 unspecified atom stereocenters. The third-order valence-electron chi connectivity index (χ3n) is 4.23. The van der Waals surface area contributed by atoms with E-state index in [0.29, 0.717) is 25.9 Å². The third kappa shape index (κ3) is 6.61. The summed E-state index contributed by atoms with van der Waals surface area (Å²) in [5.74, 6) is 0.0633. The van der Waals surface area contributed by atoms with Crippen LogP contribution in [0.2, 0.25) is 0 Å². The minimum Gasteiger partial charge on any atom is -0.444 e. The lowest BCUT2D eigenvalue weighted by Crippen LogP contribution is -2.43. The molecule has 0 aliphatic carbocycles. The molecule has 0 spiro atoms. The van der Waals surface area contributed by atoms with E-state index in [-0.39, 0.29) is 28.3 Å². The average Bonchev–Trinajstić information content (AvgIpc) is 2.58. The lowest BCUT2D eigenvalue weighted by atomic mass is 9.97. The molecule has 11 heteroatoms. The van der Waals surface area contributed by atoms with Crippen LogP contribution in [0.25, 0.3) is 0 Å². The minimum atomic E-state index is -4.02. The number of sulfonamides is 1. The summed E-state index contributed by atoms with van der Waals surface area (Å²) in [6.07, 6.45) is 0.904. The summed E-state index contributed by atoms with van der Waals surface area (Å²) >= 11 is 0. The molecule has 1 aliphatic rings. The van der Waals surface area contributed by atoms with E-state index in [2.05, 4.69) is 4.72 Å². The van der Waals surface area contributed by atoms with Gasteiger partial charge in [-0.3, -0.25) is 0 Å². The van der Waals surface area contributed by atoms with E-state index in [9.17, 15) is 21.6 Å². The molecule has 2 rings (SSSR count). The van der Waals surface area contributed by atoms with Crippen LogP contribution < -0.4 is 4.72 Å². The fraction of sp³-hybridized carbons (Fsp3) is 0.588.